The Bertz CT molecular complexity index is 1060. The van der Waals surface area contributed by atoms with Gasteiger partial charge in [0.05, 0.1) is 5.92 Å². The minimum absolute atomic E-state index is 0.0745. The van der Waals surface area contributed by atoms with Crippen LogP contribution in [0, 0.1) is 5.92 Å². The van der Waals surface area contributed by atoms with Crippen LogP contribution >= 0.6 is 0 Å². The molecule has 8 nitrogen and oxygen atoms in total. The van der Waals surface area contributed by atoms with E-state index < -0.39 is 30.1 Å². The maximum Gasteiger partial charge on any atom is 0.407 e. The number of nitrogens with zero attached hydrogens (tertiary/aromatic N) is 2. The van der Waals surface area contributed by atoms with E-state index in [4.69, 9.17) is 4.74 Å². The minimum atomic E-state index is -0.899. The van der Waals surface area contributed by atoms with Crippen molar-refractivity contribution in [2.24, 2.45) is 5.92 Å². The number of hydrogen-bond donors (Lipinski definition) is 2. The van der Waals surface area contributed by atoms with Crippen LogP contribution in [0.25, 0.3) is 11.1 Å². The standard InChI is InChI=1S/C27H33N3O5/c1-17-18(26(32)33)13-8-14-30(17)25(31)24(15-29(2)3)28-27(34)35-16-23-21-11-6-4-9-19(21)20-10-5-7-12-22(20)23/h4-7,9-12,17-18,23-24H,8,13-16H2,1-3H3,(H,28,34)(H,32,33)/t17-,18-,24-/m0/s1. The van der Waals surface area contributed by atoms with E-state index in [2.05, 4.69) is 29.6 Å². The third-order valence-electron chi connectivity index (χ3n) is 7.07. The fourth-order valence-corrected chi connectivity index (χ4v) is 5.32. The van der Waals surface area contributed by atoms with Crippen molar-refractivity contribution >= 4 is 18.0 Å². The molecule has 0 aromatic heterocycles. The molecule has 1 saturated heterocycles. The largest absolute Gasteiger partial charge is 0.481 e. The molecule has 0 bridgehead atoms. The van der Waals surface area contributed by atoms with Crippen LogP contribution in [0.5, 0.6) is 0 Å². The molecule has 2 N–H and O–H groups in total. The van der Waals surface area contributed by atoms with Gasteiger partial charge in [-0.1, -0.05) is 48.5 Å². The van der Waals surface area contributed by atoms with Crippen molar-refractivity contribution in [2.75, 3.05) is 33.8 Å². The quantitative estimate of drug-likeness (QED) is 0.633. The Balaban J connectivity index is 1.44. The van der Waals surface area contributed by atoms with Crippen molar-refractivity contribution in [1.82, 2.24) is 15.1 Å². The number of likely N-dealkylation sites (N-methyl/N-ethyl adjacent to an activating group) is 1. The lowest BCUT2D eigenvalue weighted by Gasteiger charge is -2.39. The number of rotatable bonds is 7. The number of likely N-dealkylation sites (tertiary alicyclic amines) is 1. The first kappa shape index (κ1) is 24.7. The number of carboxylic acid groups (broad SMARTS) is 1. The first-order chi connectivity index (χ1) is 16.8. The van der Waals surface area contributed by atoms with Crippen molar-refractivity contribution in [2.45, 2.75) is 37.8 Å². The third-order valence-corrected chi connectivity index (χ3v) is 7.07. The summed E-state index contributed by atoms with van der Waals surface area (Å²) in [5.74, 6) is -1.87. The van der Waals surface area contributed by atoms with Gasteiger partial charge in [0.15, 0.2) is 0 Å². The Morgan fingerprint density at radius 2 is 1.69 bits per heavy atom. The monoisotopic (exact) mass is 479 g/mol. The van der Waals surface area contributed by atoms with Gasteiger partial charge in [0.1, 0.15) is 12.6 Å². The highest BCUT2D eigenvalue weighted by atomic mass is 16.5. The zero-order valence-electron chi connectivity index (χ0n) is 20.4. The average Bonchev–Trinajstić information content (AvgIpc) is 3.15. The lowest BCUT2D eigenvalue weighted by atomic mass is 9.90. The highest BCUT2D eigenvalue weighted by Gasteiger charge is 2.38. The molecule has 1 aliphatic carbocycles. The van der Waals surface area contributed by atoms with Gasteiger partial charge < -0.3 is 25.0 Å². The van der Waals surface area contributed by atoms with Gasteiger partial charge in [-0.05, 0) is 56.1 Å². The van der Waals surface area contributed by atoms with Crippen molar-refractivity contribution in [3.05, 3.63) is 59.7 Å². The van der Waals surface area contributed by atoms with Crippen LogP contribution in [0.3, 0.4) is 0 Å². The smallest absolute Gasteiger partial charge is 0.407 e. The van der Waals surface area contributed by atoms with Crippen molar-refractivity contribution in [3.8, 4) is 11.1 Å². The predicted octanol–water partition coefficient (Wildman–Crippen LogP) is 3.17. The van der Waals surface area contributed by atoms with Crippen molar-refractivity contribution in [3.63, 3.8) is 0 Å². The second-order valence-corrected chi connectivity index (χ2v) is 9.64. The molecule has 2 aliphatic rings. The molecule has 1 aliphatic heterocycles. The Morgan fingerprint density at radius 1 is 1.09 bits per heavy atom. The van der Waals surface area contributed by atoms with E-state index in [1.54, 1.807) is 11.8 Å². The summed E-state index contributed by atoms with van der Waals surface area (Å²) < 4.78 is 5.64. The molecular formula is C27H33N3O5. The summed E-state index contributed by atoms with van der Waals surface area (Å²) in [4.78, 5) is 41.2. The molecule has 2 aromatic rings. The number of hydrogen-bond acceptors (Lipinski definition) is 5. The van der Waals surface area contributed by atoms with E-state index in [1.807, 2.05) is 43.3 Å². The third kappa shape index (κ3) is 5.17. The van der Waals surface area contributed by atoms with E-state index in [0.29, 0.717) is 19.4 Å². The van der Waals surface area contributed by atoms with E-state index in [-0.39, 0.29) is 25.0 Å². The summed E-state index contributed by atoms with van der Waals surface area (Å²) >= 11 is 0. The number of carbonyl (C=O) groups excluding carboxylic acids is 2. The second kappa shape index (κ2) is 10.5. The lowest BCUT2D eigenvalue weighted by molar-refractivity contribution is -0.149. The summed E-state index contributed by atoms with van der Waals surface area (Å²) in [6.07, 6.45) is 0.497. The van der Waals surface area contributed by atoms with Gasteiger partial charge in [0.2, 0.25) is 5.91 Å². The van der Waals surface area contributed by atoms with Crippen LogP contribution in [-0.2, 0) is 14.3 Å². The molecule has 2 aromatic carbocycles. The number of fused-ring (bicyclic) bond motifs is 3. The first-order valence-corrected chi connectivity index (χ1v) is 12.1. The Kier molecular flexibility index (Phi) is 7.40. The Labute approximate surface area is 205 Å². The van der Waals surface area contributed by atoms with Gasteiger partial charge in [-0.2, -0.15) is 0 Å². The number of aliphatic carboxylic acids is 1. The number of nitrogens with one attached hydrogen (secondary N) is 1. The van der Waals surface area contributed by atoms with Crippen LogP contribution in [0.1, 0.15) is 36.8 Å². The van der Waals surface area contributed by atoms with E-state index in [0.717, 1.165) is 22.3 Å². The van der Waals surface area contributed by atoms with E-state index in [9.17, 15) is 19.5 Å². The number of ether oxygens (including phenoxy) is 1. The zero-order chi connectivity index (χ0) is 25.1. The van der Waals surface area contributed by atoms with E-state index >= 15 is 0 Å². The molecular weight excluding hydrogens is 446 g/mol. The SMILES string of the molecule is C[C@H]1[C@@H](C(=O)O)CCCN1C(=O)[C@H](CN(C)C)NC(=O)OCC1c2ccccc2-c2ccccc21. The number of benzene rings is 2. The van der Waals surface area contributed by atoms with Crippen molar-refractivity contribution < 1.29 is 24.2 Å². The maximum absolute atomic E-state index is 13.4. The normalized spacial score (nSPS) is 20.2. The fraction of sp³-hybridized carbons (Fsp3) is 0.444. The average molecular weight is 480 g/mol. The molecule has 0 spiro atoms. The molecule has 4 rings (SSSR count). The summed E-state index contributed by atoms with van der Waals surface area (Å²) in [6.45, 7) is 2.67. The number of alkyl carbamates (subject to hydrolysis) is 1. The van der Waals surface area contributed by atoms with Gasteiger partial charge in [-0.25, -0.2) is 4.79 Å². The summed E-state index contributed by atoms with van der Waals surface area (Å²) in [5, 5.41) is 12.3. The molecule has 0 saturated carbocycles. The molecule has 3 atom stereocenters. The zero-order valence-corrected chi connectivity index (χ0v) is 20.4. The van der Waals surface area contributed by atoms with Crippen LogP contribution in [0.2, 0.25) is 0 Å². The predicted molar refractivity (Wildman–Crippen MR) is 132 cm³/mol. The number of carboxylic acids is 1. The minimum Gasteiger partial charge on any atom is -0.481 e. The molecule has 1 heterocycles. The molecule has 8 heteroatoms. The van der Waals surface area contributed by atoms with Gasteiger partial charge in [-0.3, -0.25) is 9.59 Å². The van der Waals surface area contributed by atoms with Gasteiger partial charge in [0.25, 0.3) is 0 Å². The summed E-state index contributed by atoms with van der Waals surface area (Å²) in [5.41, 5.74) is 4.52. The summed E-state index contributed by atoms with van der Waals surface area (Å²) in [7, 11) is 3.64. The van der Waals surface area contributed by atoms with Gasteiger partial charge in [0, 0.05) is 25.0 Å². The summed E-state index contributed by atoms with van der Waals surface area (Å²) in [6, 6.07) is 14.9. The molecule has 0 radical (unpaired) electrons. The molecule has 186 valence electrons. The van der Waals surface area contributed by atoms with E-state index in [1.165, 1.54) is 0 Å². The van der Waals surface area contributed by atoms with Gasteiger partial charge >= 0.3 is 12.1 Å². The fourth-order valence-electron chi connectivity index (χ4n) is 5.32. The number of carbonyl (C=O) groups is 3. The van der Waals surface area contributed by atoms with Crippen LogP contribution < -0.4 is 5.32 Å². The maximum atomic E-state index is 13.4. The molecule has 2 amide bonds. The highest BCUT2D eigenvalue weighted by Crippen LogP contribution is 2.44. The molecule has 0 unspecified atom stereocenters. The lowest BCUT2D eigenvalue weighted by Crippen LogP contribution is -2.58. The first-order valence-electron chi connectivity index (χ1n) is 12.1. The number of piperidine rings is 1. The molecule has 35 heavy (non-hydrogen) atoms. The van der Waals surface area contributed by atoms with Crippen LogP contribution in [-0.4, -0.2) is 78.8 Å². The highest BCUT2D eigenvalue weighted by molar-refractivity contribution is 5.87. The van der Waals surface area contributed by atoms with Crippen molar-refractivity contribution in [1.29, 1.82) is 0 Å². The van der Waals surface area contributed by atoms with Gasteiger partial charge in [-0.15, -0.1) is 0 Å². The Morgan fingerprint density at radius 3 is 2.26 bits per heavy atom. The Hall–Kier alpha value is -3.39. The second-order valence-electron chi connectivity index (χ2n) is 9.64. The van der Waals surface area contributed by atoms with Crippen LogP contribution in [0.4, 0.5) is 4.79 Å². The topological polar surface area (TPSA) is 99.2 Å². The van der Waals surface area contributed by atoms with Crippen LogP contribution in [0.15, 0.2) is 48.5 Å². The molecule has 1 fully saturated rings. The number of amides is 2.